The van der Waals surface area contributed by atoms with Crippen LogP contribution in [0.4, 0.5) is 0 Å². The van der Waals surface area contributed by atoms with E-state index in [9.17, 15) is 4.79 Å². The van der Waals surface area contributed by atoms with Crippen molar-refractivity contribution in [1.82, 2.24) is 0 Å². The number of hydrogen-bond acceptors (Lipinski definition) is 1. The van der Waals surface area contributed by atoms with Crippen molar-refractivity contribution >= 4 is 5.97 Å². The van der Waals surface area contributed by atoms with E-state index in [-0.39, 0.29) is 6.42 Å². The molecule has 2 heteroatoms. The molecule has 0 radical (unpaired) electrons. The minimum absolute atomic E-state index is 0.250. The van der Waals surface area contributed by atoms with Gasteiger partial charge in [-0.2, -0.15) is 0 Å². The van der Waals surface area contributed by atoms with E-state index in [0.717, 1.165) is 19.3 Å². The van der Waals surface area contributed by atoms with Crippen LogP contribution < -0.4 is 0 Å². The lowest BCUT2D eigenvalue weighted by atomic mass is 10.2. The Bertz CT molecular complexity index is 431. The normalized spacial score (nSPS) is 10.3. The highest BCUT2D eigenvalue weighted by molar-refractivity contribution is 5.66. The van der Waals surface area contributed by atoms with Crippen LogP contribution in [0.5, 0.6) is 0 Å². The first-order chi connectivity index (χ1) is 8.77. The smallest absolute Gasteiger partial charge is 0.303 e. The average molecular weight is 242 g/mol. The Morgan fingerprint density at radius 3 is 2.50 bits per heavy atom. The van der Waals surface area contributed by atoms with Gasteiger partial charge in [-0.05, 0) is 50.2 Å². The highest BCUT2D eigenvalue weighted by Gasteiger charge is 1.93. The van der Waals surface area contributed by atoms with Crippen molar-refractivity contribution in [1.29, 1.82) is 0 Å². The SMILES string of the molecule is C/C=C\C#CC#C/C=C/C=C/CCCCC(=O)O. The second-order valence-electron chi connectivity index (χ2n) is 3.47. The van der Waals surface area contributed by atoms with Crippen LogP contribution >= 0.6 is 0 Å². The maximum Gasteiger partial charge on any atom is 0.303 e. The molecule has 94 valence electrons. The minimum atomic E-state index is -0.729. The summed E-state index contributed by atoms with van der Waals surface area (Å²) < 4.78 is 0. The van der Waals surface area contributed by atoms with Gasteiger partial charge in [-0.15, -0.1) is 0 Å². The summed E-state index contributed by atoms with van der Waals surface area (Å²) in [6.07, 6.45) is 13.9. The Hall–Kier alpha value is -2.19. The zero-order chi connectivity index (χ0) is 13.5. The van der Waals surface area contributed by atoms with Crippen molar-refractivity contribution in [3.63, 3.8) is 0 Å². The van der Waals surface area contributed by atoms with E-state index < -0.39 is 5.97 Å². The third-order valence-electron chi connectivity index (χ3n) is 1.90. The molecule has 0 heterocycles. The second kappa shape index (κ2) is 12.9. The maximum atomic E-state index is 10.2. The minimum Gasteiger partial charge on any atom is -0.481 e. The maximum absolute atomic E-state index is 10.2. The van der Waals surface area contributed by atoms with Crippen LogP contribution in [-0.2, 0) is 4.79 Å². The van der Waals surface area contributed by atoms with Crippen molar-refractivity contribution in [2.45, 2.75) is 32.6 Å². The molecule has 18 heavy (non-hydrogen) atoms. The van der Waals surface area contributed by atoms with E-state index in [4.69, 9.17) is 5.11 Å². The summed E-state index contributed by atoms with van der Waals surface area (Å²) in [6, 6.07) is 0. The summed E-state index contributed by atoms with van der Waals surface area (Å²) in [6.45, 7) is 1.91. The molecular weight excluding hydrogens is 224 g/mol. The van der Waals surface area contributed by atoms with Crippen LogP contribution in [-0.4, -0.2) is 11.1 Å². The molecule has 0 amide bonds. The monoisotopic (exact) mass is 242 g/mol. The zero-order valence-corrected chi connectivity index (χ0v) is 10.6. The molecule has 0 unspecified atom stereocenters. The Labute approximate surface area is 109 Å². The van der Waals surface area contributed by atoms with Gasteiger partial charge in [0, 0.05) is 6.42 Å². The molecule has 0 bridgehead atoms. The van der Waals surface area contributed by atoms with Crippen molar-refractivity contribution < 1.29 is 9.90 Å². The van der Waals surface area contributed by atoms with E-state index in [1.807, 2.05) is 31.2 Å². The highest BCUT2D eigenvalue weighted by atomic mass is 16.4. The topological polar surface area (TPSA) is 37.3 Å². The van der Waals surface area contributed by atoms with Gasteiger partial charge in [-0.3, -0.25) is 4.79 Å². The third kappa shape index (κ3) is 13.8. The first-order valence-electron chi connectivity index (χ1n) is 5.93. The molecule has 0 atom stereocenters. The molecular formula is C16H18O2. The van der Waals surface area contributed by atoms with E-state index in [1.54, 1.807) is 12.2 Å². The van der Waals surface area contributed by atoms with Crippen LogP contribution in [0.15, 0.2) is 36.5 Å². The molecule has 0 aromatic carbocycles. The van der Waals surface area contributed by atoms with E-state index in [0.29, 0.717) is 0 Å². The largest absolute Gasteiger partial charge is 0.481 e. The lowest BCUT2D eigenvalue weighted by Gasteiger charge is -1.91. The van der Waals surface area contributed by atoms with Crippen molar-refractivity contribution in [3.05, 3.63) is 36.5 Å². The van der Waals surface area contributed by atoms with E-state index in [1.165, 1.54) is 0 Å². The van der Waals surface area contributed by atoms with Crippen molar-refractivity contribution in [2.24, 2.45) is 0 Å². The standard InChI is InChI=1S/C16H18O2/c1-2-3-4-5-6-7-8-9-10-11-12-13-14-15-16(17)18/h2-3,8-11H,12-15H2,1H3,(H,17,18)/b3-2-,9-8+,11-10+. The third-order valence-corrected chi connectivity index (χ3v) is 1.90. The quantitative estimate of drug-likeness (QED) is 0.440. The molecule has 0 aliphatic heterocycles. The molecule has 0 aromatic heterocycles. The first kappa shape index (κ1) is 15.8. The number of allylic oxidation sites excluding steroid dienone is 6. The van der Waals surface area contributed by atoms with Crippen molar-refractivity contribution in [2.75, 3.05) is 0 Å². The number of hydrogen-bond donors (Lipinski definition) is 1. The summed E-state index contributed by atoms with van der Waals surface area (Å²) in [4.78, 5) is 10.2. The predicted octanol–water partition coefficient (Wildman–Crippen LogP) is 3.33. The number of rotatable bonds is 6. The van der Waals surface area contributed by atoms with E-state index in [2.05, 4.69) is 23.7 Å². The van der Waals surface area contributed by atoms with Gasteiger partial charge in [0.15, 0.2) is 0 Å². The van der Waals surface area contributed by atoms with Gasteiger partial charge in [-0.25, -0.2) is 0 Å². The summed E-state index contributed by atoms with van der Waals surface area (Å²) in [5, 5.41) is 8.43. The first-order valence-corrected chi connectivity index (χ1v) is 5.93. The predicted molar refractivity (Wildman–Crippen MR) is 74.7 cm³/mol. The average Bonchev–Trinajstić information content (AvgIpc) is 2.34. The Morgan fingerprint density at radius 1 is 1.11 bits per heavy atom. The molecule has 0 spiro atoms. The van der Waals surface area contributed by atoms with Gasteiger partial charge in [0.1, 0.15) is 0 Å². The van der Waals surface area contributed by atoms with Crippen LogP contribution in [0, 0.1) is 23.7 Å². The fraction of sp³-hybridized carbons (Fsp3) is 0.312. The lowest BCUT2D eigenvalue weighted by molar-refractivity contribution is -0.137. The van der Waals surface area contributed by atoms with Gasteiger partial charge in [-0.1, -0.05) is 36.1 Å². The van der Waals surface area contributed by atoms with Gasteiger partial charge in [0.05, 0.1) is 0 Å². The molecule has 0 fully saturated rings. The molecule has 0 saturated heterocycles. The van der Waals surface area contributed by atoms with Gasteiger partial charge in [0.2, 0.25) is 0 Å². The van der Waals surface area contributed by atoms with Gasteiger partial charge in [0.25, 0.3) is 0 Å². The Morgan fingerprint density at radius 2 is 1.83 bits per heavy atom. The van der Waals surface area contributed by atoms with Crippen LogP contribution in [0.3, 0.4) is 0 Å². The summed E-state index contributed by atoms with van der Waals surface area (Å²) >= 11 is 0. The van der Waals surface area contributed by atoms with Gasteiger partial charge < -0.3 is 5.11 Å². The fourth-order valence-electron chi connectivity index (χ4n) is 1.06. The lowest BCUT2D eigenvalue weighted by Crippen LogP contribution is -1.92. The summed E-state index contributed by atoms with van der Waals surface area (Å²) in [5.41, 5.74) is 0. The van der Waals surface area contributed by atoms with E-state index >= 15 is 0 Å². The molecule has 0 saturated carbocycles. The number of unbranched alkanes of at least 4 members (excludes halogenated alkanes) is 2. The molecule has 1 N–H and O–H groups in total. The summed E-state index contributed by atoms with van der Waals surface area (Å²) in [7, 11) is 0. The highest BCUT2D eigenvalue weighted by Crippen LogP contribution is 2.00. The van der Waals surface area contributed by atoms with Crippen LogP contribution in [0.25, 0.3) is 0 Å². The van der Waals surface area contributed by atoms with Crippen molar-refractivity contribution in [3.8, 4) is 23.7 Å². The molecule has 2 nitrogen and oxygen atoms in total. The Balaban J connectivity index is 3.64. The van der Waals surface area contributed by atoms with Gasteiger partial charge >= 0.3 is 5.97 Å². The zero-order valence-electron chi connectivity index (χ0n) is 10.6. The Kier molecular flexibility index (Phi) is 11.3. The van der Waals surface area contributed by atoms with Crippen LogP contribution in [0.2, 0.25) is 0 Å². The molecule has 0 aliphatic carbocycles. The fourth-order valence-corrected chi connectivity index (χ4v) is 1.06. The number of carboxylic acid groups (broad SMARTS) is 1. The number of aliphatic carboxylic acids is 1. The summed E-state index contributed by atoms with van der Waals surface area (Å²) in [5.74, 6) is 10.2. The molecule has 0 aliphatic rings. The second-order valence-corrected chi connectivity index (χ2v) is 3.47. The molecule has 0 aromatic rings. The molecule has 0 rings (SSSR count). The van der Waals surface area contributed by atoms with Crippen LogP contribution in [0.1, 0.15) is 32.6 Å². The number of carboxylic acids is 1. The number of carbonyl (C=O) groups is 1.